The highest BCUT2D eigenvalue weighted by Crippen LogP contribution is 2.18. The Balaban J connectivity index is 2.51. The molecule has 14 heavy (non-hydrogen) atoms. The van der Waals surface area contributed by atoms with Gasteiger partial charge in [0.15, 0.2) is 0 Å². The highest BCUT2D eigenvalue weighted by Gasteiger charge is 2.00. The van der Waals surface area contributed by atoms with Gasteiger partial charge in [0, 0.05) is 18.7 Å². The maximum Gasteiger partial charge on any atom is 0.219 e. The monoisotopic (exact) mass is 216 g/mol. The van der Waals surface area contributed by atoms with E-state index in [0.717, 1.165) is 0 Å². The second-order valence-electron chi connectivity index (χ2n) is 2.77. The number of halogens is 2. The Morgan fingerprint density at radius 2 is 2.29 bits per heavy atom. The number of benzene rings is 1. The summed E-state index contributed by atoms with van der Waals surface area (Å²) in [6.07, 6.45) is 0.231. The molecule has 0 saturated carbocycles. The van der Waals surface area contributed by atoms with Crippen LogP contribution in [0.5, 0.6) is 0 Å². The molecule has 1 aromatic rings. The lowest BCUT2D eigenvalue weighted by Crippen LogP contribution is -2.15. The predicted octanol–water partition coefficient (Wildman–Crippen LogP) is 1.77. The second kappa shape index (κ2) is 4.81. The summed E-state index contributed by atoms with van der Waals surface area (Å²) in [5.74, 6) is -0.849. The van der Waals surface area contributed by atoms with Gasteiger partial charge < -0.3 is 11.1 Å². The van der Waals surface area contributed by atoms with Gasteiger partial charge >= 0.3 is 0 Å². The molecule has 1 rings (SSSR count). The van der Waals surface area contributed by atoms with Crippen molar-refractivity contribution in [3.05, 3.63) is 29.0 Å². The summed E-state index contributed by atoms with van der Waals surface area (Å²) in [6, 6.07) is 4.26. The van der Waals surface area contributed by atoms with Crippen LogP contribution in [0, 0.1) is 5.82 Å². The molecule has 0 aromatic heterocycles. The van der Waals surface area contributed by atoms with Gasteiger partial charge in [0.2, 0.25) is 5.91 Å². The van der Waals surface area contributed by atoms with Crippen LogP contribution >= 0.6 is 11.6 Å². The molecule has 0 atom stereocenters. The molecule has 0 saturated heterocycles. The molecule has 0 aliphatic heterocycles. The van der Waals surface area contributed by atoms with Crippen molar-refractivity contribution in [2.45, 2.75) is 6.42 Å². The van der Waals surface area contributed by atoms with E-state index in [2.05, 4.69) is 5.32 Å². The zero-order valence-corrected chi connectivity index (χ0v) is 8.14. The van der Waals surface area contributed by atoms with Gasteiger partial charge in [-0.15, -0.1) is 0 Å². The Kier molecular flexibility index (Phi) is 3.71. The van der Waals surface area contributed by atoms with Crippen LogP contribution in [0.25, 0.3) is 0 Å². The van der Waals surface area contributed by atoms with Gasteiger partial charge in [0.1, 0.15) is 5.82 Å². The van der Waals surface area contributed by atoms with Crippen LogP contribution in [-0.2, 0) is 4.79 Å². The minimum absolute atomic E-state index is 0.0501. The third kappa shape index (κ3) is 3.22. The highest BCUT2D eigenvalue weighted by molar-refractivity contribution is 6.31. The zero-order chi connectivity index (χ0) is 10.6. The van der Waals surface area contributed by atoms with Gasteiger partial charge in [-0.1, -0.05) is 11.6 Å². The van der Waals surface area contributed by atoms with Crippen molar-refractivity contribution in [1.82, 2.24) is 0 Å². The average Bonchev–Trinajstić information content (AvgIpc) is 2.10. The lowest BCUT2D eigenvalue weighted by atomic mass is 10.3. The molecule has 0 fully saturated rings. The number of anilines is 1. The van der Waals surface area contributed by atoms with Crippen LogP contribution in [0.2, 0.25) is 5.02 Å². The van der Waals surface area contributed by atoms with Crippen molar-refractivity contribution in [1.29, 1.82) is 0 Å². The van der Waals surface area contributed by atoms with Gasteiger partial charge in [-0.2, -0.15) is 0 Å². The lowest BCUT2D eigenvalue weighted by Gasteiger charge is -2.05. The summed E-state index contributed by atoms with van der Waals surface area (Å²) in [4.78, 5) is 10.4. The van der Waals surface area contributed by atoms with E-state index in [1.54, 1.807) is 6.07 Å². The maximum absolute atomic E-state index is 12.7. The number of carbonyl (C=O) groups is 1. The maximum atomic E-state index is 12.7. The van der Waals surface area contributed by atoms with Crippen LogP contribution < -0.4 is 11.1 Å². The van der Waals surface area contributed by atoms with E-state index in [1.165, 1.54) is 12.1 Å². The molecule has 0 aliphatic rings. The fraction of sp³-hybridized carbons (Fsp3) is 0.222. The number of amides is 1. The molecule has 0 aliphatic carbocycles. The van der Waals surface area contributed by atoms with E-state index in [9.17, 15) is 9.18 Å². The van der Waals surface area contributed by atoms with Crippen LogP contribution in [0.1, 0.15) is 6.42 Å². The van der Waals surface area contributed by atoms with Crippen molar-refractivity contribution in [2.75, 3.05) is 11.9 Å². The first-order valence-corrected chi connectivity index (χ1v) is 4.44. The molecule has 3 nitrogen and oxygen atoms in total. The van der Waals surface area contributed by atoms with Crippen molar-refractivity contribution in [2.24, 2.45) is 5.73 Å². The summed E-state index contributed by atoms with van der Waals surface area (Å²) >= 11 is 5.55. The van der Waals surface area contributed by atoms with Crippen molar-refractivity contribution in [3.63, 3.8) is 0 Å². The largest absolute Gasteiger partial charge is 0.384 e. The van der Waals surface area contributed by atoms with Gasteiger partial charge in [-0.05, 0) is 18.2 Å². The van der Waals surface area contributed by atoms with Crippen molar-refractivity contribution in [3.8, 4) is 0 Å². The Hall–Kier alpha value is -1.29. The van der Waals surface area contributed by atoms with Crippen molar-refractivity contribution < 1.29 is 9.18 Å². The number of hydrogen-bond donors (Lipinski definition) is 2. The van der Waals surface area contributed by atoms with Gasteiger partial charge in [-0.3, -0.25) is 4.79 Å². The molecule has 0 unspecified atom stereocenters. The molecule has 0 bridgehead atoms. The molecule has 5 heteroatoms. The molecule has 3 N–H and O–H groups in total. The second-order valence-corrected chi connectivity index (χ2v) is 3.18. The molecule has 1 amide bonds. The number of carbonyl (C=O) groups excluding carboxylic acids is 1. The van der Waals surface area contributed by atoms with Gasteiger partial charge in [0.05, 0.1) is 5.02 Å². The number of rotatable bonds is 4. The number of nitrogens with two attached hydrogens (primary N) is 1. The van der Waals surface area contributed by atoms with E-state index in [1.807, 2.05) is 0 Å². The van der Waals surface area contributed by atoms with Gasteiger partial charge in [0.25, 0.3) is 0 Å². The van der Waals surface area contributed by atoms with Crippen LogP contribution in [0.15, 0.2) is 18.2 Å². The van der Waals surface area contributed by atoms with Crippen LogP contribution in [0.4, 0.5) is 10.1 Å². The minimum Gasteiger partial charge on any atom is -0.384 e. The smallest absolute Gasteiger partial charge is 0.219 e. The Morgan fingerprint density at radius 1 is 1.57 bits per heavy atom. The zero-order valence-electron chi connectivity index (χ0n) is 7.39. The number of hydrogen-bond acceptors (Lipinski definition) is 2. The first kappa shape index (κ1) is 10.8. The van der Waals surface area contributed by atoms with E-state index in [0.29, 0.717) is 12.2 Å². The summed E-state index contributed by atoms with van der Waals surface area (Å²) in [5.41, 5.74) is 5.61. The van der Waals surface area contributed by atoms with Crippen LogP contribution in [0.3, 0.4) is 0 Å². The lowest BCUT2D eigenvalue weighted by molar-refractivity contribution is -0.117. The van der Waals surface area contributed by atoms with Crippen LogP contribution in [-0.4, -0.2) is 12.5 Å². The normalized spacial score (nSPS) is 9.86. The highest BCUT2D eigenvalue weighted by atomic mass is 35.5. The quantitative estimate of drug-likeness (QED) is 0.806. The van der Waals surface area contributed by atoms with E-state index in [-0.39, 0.29) is 17.4 Å². The molecule has 0 heterocycles. The topological polar surface area (TPSA) is 55.1 Å². The summed E-state index contributed by atoms with van der Waals surface area (Å²) in [5, 5.41) is 2.94. The predicted molar refractivity (Wildman–Crippen MR) is 53.7 cm³/mol. The first-order chi connectivity index (χ1) is 6.59. The summed E-state index contributed by atoms with van der Waals surface area (Å²) < 4.78 is 12.7. The number of nitrogens with one attached hydrogen (secondary N) is 1. The minimum atomic E-state index is -0.466. The fourth-order valence-electron chi connectivity index (χ4n) is 0.936. The average molecular weight is 217 g/mol. The first-order valence-electron chi connectivity index (χ1n) is 4.07. The third-order valence-corrected chi connectivity index (χ3v) is 1.91. The van der Waals surface area contributed by atoms with E-state index >= 15 is 0 Å². The van der Waals surface area contributed by atoms with E-state index in [4.69, 9.17) is 17.3 Å². The van der Waals surface area contributed by atoms with Crippen molar-refractivity contribution >= 4 is 23.2 Å². The standard InChI is InChI=1S/C9H10ClFN2O/c10-7-5-6(1-2-8(7)11)13-4-3-9(12)14/h1-2,5,13H,3-4H2,(H2,12,14). The Bertz CT molecular complexity index is 344. The Morgan fingerprint density at radius 3 is 2.86 bits per heavy atom. The Labute approximate surface area is 86.0 Å². The molecule has 0 spiro atoms. The third-order valence-electron chi connectivity index (χ3n) is 1.62. The summed E-state index contributed by atoms with van der Waals surface area (Å²) in [6.45, 7) is 0.414. The van der Waals surface area contributed by atoms with Gasteiger partial charge in [-0.25, -0.2) is 4.39 Å². The number of primary amides is 1. The van der Waals surface area contributed by atoms with E-state index < -0.39 is 5.82 Å². The fourth-order valence-corrected chi connectivity index (χ4v) is 1.12. The molecular weight excluding hydrogens is 207 g/mol. The summed E-state index contributed by atoms with van der Waals surface area (Å²) in [7, 11) is 0. The SMILES string of the molecule is NC(=O)CCNc1ccc(F)c(Cl)c1. The molecule has 76 valence electrons. The molecule has 1 aromatic carbocycles. The molecular formula is C9H10ClFN2O. The molecule has 0 radical (unpaired) electrons.